The Labute approximate surface area is 156 Å². The highest BCUT2D eigenvalue weighted by molar-refractivity contribution is 5.75. The molecule has 0 radical (unpaired) electrons. The van der Waals surface area contributed by atoms with Crippen LogP contribution in [0.4, 0.5) is 11.5 Å². The van der Waals surface area contributed by atoms with Crippen LogP contribution in [0.1, 0.15) is 5.56 Å². The number of hydrogen-bond donors (Lipinski definition) is 1. The molecule has 0 unspecified atom stereocenters. The molecule has 134 valence electrons. The van der Waals surface area contributed by atoms with E-state index in [0.29, 0.717) is 11.5 Å². The SMILES string of the molecule is COc1ccc(-c2nc3c(C)cccn3c2N=Nc2ccc(O)cc2)cc1. The van der Waals surface area contributed by atoms with Crippen molar-refractivity contribution in [1.82, 2.24) is 9.38 Å². The minimum Gasteiger partial charge on any atom is -0.508 e. The standard InChI is InChI=1S/C21H18N4O2/c1-14-4-3-13-25-20(14)22-19(15-5-11-18(27-2)12-6-15)21(25)24-23-16-7-9-17(26)10-8-16/h3-13,26H,1-2H3. The van der Waals surface area contributed by atoms with Crippen LogP contribution in [0, 0.1) is 6.92 Å². The van der Waals surface area contributed by atoms with Gasteiger partial charge in [0.15, 0.2) is 5.82 Å². The molecule has 0 aliphatic carbocycles. The van der Waals surface area contributed by atoms with E-state index in [0.717, 1.165) is 28.2 Å². The smallest absolute Gasteiger partial charge is 0.187 e. The van der Waals surface area contributed by atoms with E-state index < -0.39 is 0 Å². The number of fused-ring (bicyclic) bond motifs is 1. The third-order valence-corrected chi connectivity index (χ3v) is 4.29. The Morgan fingerprint density at radius 1 is 0.963 bits per heavy atom. The number of methoxy groups -OCH3 is 1. The van der Waals surface area contributed by atoms with E-state index in [4.69, 9.17) is 9.72 Å². The lowest BCUT2D eigenvalue weighted by Crippen LogP contribution is -1.85. The number of phenols is 1. The number of ether oxygens (including phenoxy) is 1. The van der Waals surface area contributed by atoms with Gasteiger partial charge in [-0.25, -0.2) is 4.98 Å². The molecule has 0 amide bonds. The van der Waals surface area contributed by atoms with Crippen molar-refractivity contribution >= 4 is 17.2 Å². The Balaban J connectivity index is 1.85. The third-order valence-electron chi connectivity index (χ3n) is 4.29. The number of aryl methyl sites for hydroxylation is 1. The van der Waals surface area contributed by atoms with Crippen LogP contribution >= 0.6 is 0 Å². The van der Waals surface area contributed by atoms with E-state index in [2.05, 4.69) is 10.2 Å². The van der Waals surface area contributed by atoms with Crippen LogP contribution in [-0.2, 0) is 0 Å². The maximum absolute atomic E-state index is 9.42. The Morgan fingerprint density at radius 2 is 1.70 bits per heavy atom. The quantitative estimate of drug-likeness (QED) is 0.494. The maximum Gasteiger partial charge on any atom is 0.187 e. The van der Waals surface area contributed by atoms with Gasteiger partial charge in [-0.15, -0.1) is 10.2 Å². The fourth-order valence-electron chi connectivity index (χ4n) is 2.85. The molecular formula is C21H18N4O2. The first kappa shape index (κ1) is 16.8. The summed E-state index contributed by atoms with van der Waals surface area (Å²) >= 11 is 0. The molecule has 0 bridgehead atoms. The zero-order valence-corrected chi connectivity index (χ0v) is 15.0. The predicted octanol–water partition coefficient (Wildman–Crippen LogP) is 5.44. The van der Waals surface area contributed by atoms with Crippen molar-refractivity contribution in [2.24, 2.45) is 10.2 Å². The number of azo groups is 1. The van der Waals surface area contributed by atoms with E-state index >= 15 is 0 Å². The van der Waals surface area contributed by atoms with E-state index in [1.807, 2.05) is 53.9 Å². The molecule has 6 nitrogen and oxygen atoms in total. The number of aromatic nitrogens is 2. The summed E-state index contributed by atoms with van der Waals surface area (Å²) < 4.78 is 7.17. The molecule has 0 spiro atoms. The lowest BCUT2D eigenvalue weighted by molar-refractivity contribution is 0.415. The molecule has 1 N–H and O–H groups in total. The van der Waals surface area contributed by atoms with Crippen molar-refractivity contribution in [2.45, 2.75) is 6.92 Å². The number of imidazole rings is 1. The summed E-state index contributed by atoms with van der Waals surface area (Å²) in [6.45, 7) is 2.01. The molecule has 0 aliphatic rings. The molecule has 0 aliphatic heterocycles. The lowest BCUT2D eigenvalue weighted by Gasteiger charge is -2.02. The second kappa shape index (κ2) is 6.92. The van der Waals surface area contributed by atoms with Gasteiger partial charge in [0.05, 0.1) is 12.8 Å². The zero-order valence-electron chi connectivity index (χ0n) is 15.0. The monoisotopic (exact) mass is 358 g/mol. The van der Waals surface area contributed by atoms with Gasteiger partial charge in [0.1, 0.15) is 22.8 Å². The normalized spacial score (nSPS) is 11.3. The third kappa shape index (κ3) is 3.25. The molecule has 0 atom stereocenters. The van der Waals surface area contributed by atoms with Crippen molar-refractivity contribution < 1.29 is 9.84 Å². The number of benzene rings is 2. The Kier molecular flexibility index (Phi) is 4.30. The van der Waals surface area contributed by atoms with E-state index in [9.17, 15) is 5.11 Å². The van der Waals surface area contributed by atoms with Gasteiger partial charge < -0.3 is 9.84 Å². The van der Waals surface area contributed by atoms with Crippen molar-refractivity contribution in [2.75, 3.05) is 7.11 Å². The summed E-state index contributed by atoms with van der Waals surface area (Å²) in [5.41, 5.74) is 4.21. The largest absolute Gasteiger partial charge is 0.508 e. The van der Waals surface area contributed by atoms with Crippen molar-refractivity contribution in [3.8, 4) is 22.8 Å². The molecule has 2 aromatic heterocycles. The number of pyridine rings is 1. The highest BCUT2D eigenvalue weighted by atomic mass is 16.5. The van der Waals surface area contributed by atoms with Gasteiger partial charge in [-0.2, -0.15) is 0 Å². The van der Waals surface area contributed by atoms with Crippen LogP contribution in [0.15, 0.2) is 77.1 Å². The van der Waals surface area contributed by atoms with Gasteiger partial charge >= 0.3 is 0 Å². The highest BCUT2D eigenvalue weighted by Crippen LogP contribution is 2.34. The van der Waals surface area contributed by atoms with Crippen LogP contribution < -0.4 is 4.74 Å². The Morgan fingerprint density at radius 3 is 2.41 bits per heavy atom. The molecule has 2 heterocycles. The second-order valence-corrected chi connectivity index (χ2v) is 6.11. The molecule has 0 saturated heterocycles. The molecule has 27 heavy (non-hydrogen) atoms. The first-order valence-electron chi connectivity index (χ1n) is 8.48. The fourth-order valence-corrected chi connectivity index (χ4v) is 2.85. The molecule has 4 rings (SSSR count). The van der Waals surface area contributed by atoms with Crippen LogP contribution in [0.5, 0.6) is 11.5 Å². The van der Waals surface area contributed by atoms with Gasteiger partial charge in [-0.3, -0.25) is 4.40 Å². The van der Waals surface area contributed by atoms with Gasteiger partial charge in [0.2, 0.25) is 0 Å². The van der Waals surface area contributed by atoms with Gasteiger partial charge in [0, 0.05) is 11.8 Å². The number of nitrogens with zero attached hydrogens (tertiary/aromatic N) is 4. The minimum atomic E-state index is 0.193. The predicted molar refractivity (Wildman–Crippen MR) is 104 cm³/mol. The van der Waals surface area contributed by atoms with Crippen molar-refractivity contribution in [3.63, 3.8) is 0 Å². The highest BCUT2D eigenvalue weighted by Gasteiger charge is 2.15. The molecule has 6 heteroatoms. The van der Waals surface area contributed by atoms with Gasteiger partial charge in [0.25, 0.3) is 0 Å². The van der Waals surface area contributed by atoms with Crippen LogP contribution in [-0.4, -0.2) is 21.6 Å². The number of hydrogen-bond acceptors (Lipinski definition) is 5. The minimum absolute atomic E-state index is 0.193. The average Bonchev–Trinajstić information content (AvgIpc) is 3.08. The topological polar surface area (TPSA) is 71.5 Å². The molecule has 4 aromatic rings. The molecule has 0 saturated carbocycles. The Hall–Kier alpha value is -3.67. The lowest BCUT2D eigenvalue weighted by atomic mass is 10.1. The number of rotatable bonds is 4. The average molecular weight is 358 g/mol. The maximum atomic E-state index is 9.42. The molecule has 0 fully saturated rings. The van der Waals surface area contributed by atoms with Gasteiger partial charge in [-0.05, 0) is 67.1 Å². The van der Waals surface area contributed by atoms with Crippen LogP contribution in [0.25, 0.3) is 16.9 Å². The van der Waals surface area contributed by atoms with Crippen molar-refractivity contribution in [3.05, 3.63) is 72.4 Å². The van der Waals surface area contributed by atoms with Gasteiger partial charge in [-0.1, -0.05) is 6.07 Å². The Bertz CT molecular complexity index is 1110. The first-order valence-corrected chi connectivity index (χ1v) is 8.48. The first-order chi connectivity index (χ1) is 13.2. The van der Waals surface area contributed by atoms with Crippen LogP contribution in [0.3, 0.4) is 0 Å². The van der Waals surface area contributed by atoms with E-state index in [1.165, 1.54) is 0 Å². The summed E-state index contributed by atoms with van der Waals surface area (Å²) in [5, 5.41) is 18.2. The van der Waals surface area contributed by atoms with Crippen molar-refractivity contribution in [1.29, 1.82) is 0 Å². The number of aromatic hydroxyl groups is 1. The zero-order chi connectivity index (χ0) is 18.8. The summed E-state index contributed by atoms with van der Waals surface area (Å²) in [7, 11) is 1.64. The fraction of sp³-hybridized carbons (Fsp3) is 0.0952. The summed E-state index contributed by atoms with van der Waals surface area (Å²) in [4.78, 5) is 4.79. The summed E-state index contributed by atoms with van der Waals surface area (Å²) in [6, 6.07) is 18.3. The molecule has 2 aromatic carbocycles. The van der Waals surface area contributed by atoms with E-state index in [1.54, 1.807) is 31.4 Å². The van der Waals surface area contributed by atoms with Crippen LogP contribution in [0.2, 0.25) is 0 Å². The summed E-state index contributed by atoms with van der Waals surface area (Å²) in [6.07, 6.45) is 1.92. The van der Waals surface area contributed by atoms with E-state index in [-0.39, 0.29) is 5.75 Å². The summed E-state index contributed by atoms with van der Waals surface area (Å²) in [5.74, 6) is 1.62. The molecular weight excluding hydrogens is 340 g/mol. The second-order valence-electron chi connectivity index (χ2n) is 6.11. The number of phenolic OH excluding ortho intramolecular Hbond substituents is 1.